The molecule has 1 aromatic carbocycles. The van der Waals surface area contributed by atoms with Crippen LogP contribution in [-0.4, -0.2) is 23.5 Å². The van der Waals surface area contributed by atoms with Gasteiger partial charge in [0.2, 0.25) is 0 Å². The van der Waals surface area contributed by atoms with E-state index in [1.165, 1.54) is 24.6 Å². The van der Waals surface area contributed by atoms with Crippen LogP contribution in [-0.2, 0) is 0 Å². The molecule has 1 fully saturated rings. The zero-order chi connectivity index (χ0) is 14.1. The van der Waals surface area contributed by atoms with Crippen molar-refractivity contribution in [2.24, 2.45) is 5.73 Å². The fraction of sp³-hybridized carbons (Fsp3) is 0.529. The molecule has 20 heavy (non-hydrogen) atoms. The maximum absolute atomic E-state index is 6.04. The second-order valence-electron chi connectivity index (χ2n) is 5.98. The van der Waals surface area contributed by atoms with Gasteiger partial charge < -0.3 is 10.2 Å². The summed E-state index contributed by atoms with van der Waals surface area (Å²) >= 11 is 0. The molecule has 0 spiro atoms. The summed E-state index contributed by atoms with van der Waals surface area (Å²) in [6.07, 6.45) is 3.73. The second-order valence-corrected chi connectivity index (χ2v) is 5.98. The summed E-state index contributed by atoms with van der Waals surface area (Å²) in [5.74, 6) is 1.05. The van der Waals surface area contributed by atoms with Gasteiger partial charge in [0.25, 0.3) is 0 Å². The summed E-state index contributed by atoms with van der Waals surface area (Å²) in [4.78, 5) is 2.54. The van der Waals surface area contributed by atoms with Crippen LogP contribution in [0.2, 0.25) is 0 Å². The standard InChI is InChI=1S/C17H24N2O/c1-12-6-5-8-15(11-18)19(12)13(2)17-10-14-7-3-4-9-16(14)20-17/h3-4,7,9-10,12-13,15H,5-6,8,11,18H2,1-2H3. The zero-order valence-corrected chi connectivity index (χ0v) is 12.4. The number of para-hydroxylation sites is 1. The highest BCUT2D eigenvalue weighted by Gasteiger charge is 2.32. The van der Waals surface area contributed by atoms with E-state index in [9.17, 15) is 0 Å². The van der Waals surface area contributed by atoms with Crippen molar-refractivity contribution in [3.05, 3.63) is 36.1 Å². The number of likely N-dealkylation sites (tertiary alicyclic amines) is 1. The van der Waals surface area contributed by atoms with E-state index in [2.05, 4.69) is 36.9 Å². The first-order valence-electron chi connectivity index (χ1n) is 7.66. The molecule has 3 unspecified atom stereocenters. The Morgan fingerprint density at radius 2 is 2.15 bits per heavy atom. The summed E-state index contributed by atoms with van der Waals surface area (Å²) in [5, 5.41) is 1.18. The summed E-state index contributed by atoms with van der Waals surface area (Å²) < 4.78 is 6.04. The first-order chi connectivity index (χ1) is 9.70. The Balaban J connectivity index is 1.91. The van der Waals surface area contributed by atoms with Gasteiger partial charge >= 0.3 is 0 Å². The molecule has 0 radical (unpaired) electrons. The van der Waals surface area contributed by atoms with Gasteiger partial charge in [0.1, 0.15) is 11.3 Å². The zero-order valence-electron chi connectivity index (χ0n) is 12.4. The summed E-state index contributed by atoms with van der Waals surface area (Å²) in [7, 11) is 0. The van der Waals surface area contributed by atoms with Crippen LogP contribution in [0.1, 0.15) is 44.9 Å². The fourth-order valence-electron chi connectivity index (χ4n) is 3.60. The highest BCUT2D eigenvalue weighted by atomic mass is 16.3. The Hall–Kier alpha value is -1.32. The minimum absolute atomic E-state index is 0.284. The molecule has 2 aromatic rings. The van der Waals surface area contributed by atoms with Crippen molar-refractivity contribution in [1.29, 1.82) is 0 Å². The van der Waals surface area contributed by atoms with Crippen LogP contribution in [0.3, 0.4) is 0 Å². The van der Waals surface area contributed by atoms with Gasteiger partial charge in [-0.1, -0.05) is 24.6 Å². The van der Waals surface area contributed by atoms with Crippen molar-refractivity contribution >= 4 is 11.0 Å². The van der Waals surface area contributed by atoms with E-state index < -0.39 is 0 Å². The van der Waals surface area contributed by atoms with Crippen LogP contribution >= 0.6 is 0 Å². The molecule has 0 bridgehead atoms. The molecule has 0 aliphatic carbocycles. The number of hydrogen-bond acceptors (Lipinski definition) is 3. The van der Waals surface area contributed by atoms with Crippen molar-refractivity contribution in [3.8, 4) is 0 Å². The van der Waals surface area contributed by atoms with Gasteiger partial charge in [0.15, 0.2) is 0 Å². The Bertz CT molecular complexity index is 544. The molecule has 1 saturated heterocycles. The Morgan fingerprint density at radius 1 is 1.35 bits per heavy atom. The molecule has 1 aliphatic heterocycles. The van der Waals surface area contributed by atoms with Gasteiger partial charge in [0.05, 0.1) is 6.04 Å². The van der Waals surface area contributed by atoms with Crippen LogP contribution in [0.4, 0.5) is 0 Å². The maximum atomic E-state index is 6.04. The first-order valence-corrected chi connectivity index (χ1v) is 7.66. The lowest BCUT2D eigenvalue weighted by Gasteiger charge is -2.43. The van der Waals surface area contributed by atoms with E-state index >= 15 is 0 Å². The molecule has 1 aliphatic rings. The molecule has 2 N–H and O–H groups in total. The predicted octanol–water partition coefficient (Wildman–Crippen LogP) is 3.70. The monoisotopic (exact) mass is 272 g/mol. The van der Waals surface area contributed by atoms with Crippen molar-refractivity contribution in [1.82, 2.24) is 4.90 Å². The van der Waals surface area contributed by atoms with Crippen molar-refractivity contribution in [3.63, 3.8) is 0 Å². The van der Waals surface area contributed by atoms with E-state index in [-0.39, 0.29) is 6.04 Å². The van der Waals surface area contributed by atoms with Crippen molar-refractivity contribution < 1.29 is 4.42 Å². The number of fused-ring (bicyclic) bond motifs is 1. The maximum Gasteiger partial charge on any atom is 0.134 e. The summed E-state index contributed by atoms with van der Waals surface area (Å²) in [6.45, 7) is 5.28. The fourth-order valence-corrected chi connectivity index (χ4v) is 3.60. The molecule has 2 heterocycles. The van der Waals surface area contributed by atoms with Gasteiger partial charge in [-0.25, -0.2) is 0 Å². The predicted molar refractivity (Wildman–Crippen MR) is 82.6 cm³/mol. The highest BCUT2D eigenvalue weighted by Crippen LogP contribution is 2.34. The Labute approximate surface area is 120 Å². The normalized spacial score (nSPS) is 25.9. The number of nitrogens with two attached hydrogens (primary N) is 1. The number of furan rings is 1. The minimum Gasteiger partial charge on any atom is -0.459 e. The van der Waals surface area contributed by atoms with Gasteiger partial charge in [-0.2, -0.15) is 0 Å². The smallest absolute Gasteiger partial charge is 0.134 e. The summed E-state index contributed by atoms with van der Waals surface area (Å²) in [5.41, 5.74) is 6.95. The largest absolute Gasteiger partial charge is 0.459 e. The number of rotatable bonds is 3. The third-order valence-electron chi connectivity index (χ3n) is 4.67. The van der Waals surface area contributed by atoms with E-state index in [4.69, 9.17) is 10.2 Å². The van der Waals surface area contributed by atoms with Crippen LogP contribution in [0, 0.1) is 0 Å². The number of hydrogen-bond donors (Lipinski definition) is 1. The van der Waals surface area contributed by atoms with Gasteiger partial charge in [-0.05, 0) is 38.8 Å². The lowest BCUT2D eigenvalue weighted by atomic mass is 9.94. The number of benzene rings is 1. The molecule has 3 nitrogen and oxygen atoms in total. The van der Waals surface area contributed by atoms with E-state index in [0.717, 1.165) is 17.9 Å². The lowest BCUT2D eigenvalue weighted by molar-refractivity contribution is 0.0484. The molecule has 3 rings (SSSR count). The van der Waals surface area contributed by atoms with Crippen molar-refractivity contribution in [2.45, 2.75) is 51.2 Å². The molecule has 108 valence electrons. The van der Waals surface area contributed by atoms with E-state index in [0.29, 0.717) is 12.1 Å². The number of piperidine rings is 1. The van der Waals surface area contributed by atoms with Crippen LogP contribution in [0.15, 0.2) is 34.7 Å². The van der Waals surface area contributed by atoms with Gasteiger partial charge in [-0.15, -0.1) is 0 Å². The molecular weight excluding hydrogens is 248 g/mol. The molecular formula is C17H24N2O. The van der Waals surface area contributed by atoms with Crippen LogP contribution < -0.4 is 5.73 Å². The lowest BCUT2D eigenvalue weighted by Crippen LogP contribution is -2.49. The SMILES string of the molecule is CC1CCCC(CN)N1C(C)c1cc2ccccc2o1. The third-order valence-corrected chi connectivity index (χ3v) is 4.67. The van der Waals surface area contributed by atoms with Crippen LogP contribution in [0.25, 0.3) is 11.0 Å². The topological polar surface area (TPSA) is 42.4 Å². The Morgan fingerprint density at radius 3 is 2.90 bits per heavy atom. The first kappa shape index (κ1) is 13.7. The van der Waals surface area contributed by atoms with E-state index in [1.807, 2.05) is 12.1 Å². The molecule has 0 amide bonds. The Kier molecular flexibility index (Phi) is 3.81. The van der Waals surface area contributed by atoms with Gasteiger partial charge in [-0.3, -0.25) is 4.90 Å². The molecule has 0 saturated carbocycles. The molecule has 3 heteroatoms. The van der Waals surface area contributed by atoms with Gasteiger partial charge in [0, 0.05) is 24.0 Å². The minimum atomic E-state index is 0.284. The number of nitrogens with zero attached hydrogens (tertiary/aromatic N) is 1. The quantitative estimate of drug-likeness (QED) is 0.926. The average Bonchev–Trinajstić information content (AvgIpc) is 2.90. The second kappa shape index (κ2) is 5.58. The van der Waals surface area contributed by atoms with Crippen LogP contribution in [0.5, 0.6) is 0 Å². The molecule has 1 aromatic heterocycles. The van der Waals surface area contributed by atoms with Crippen molar-refractivity contribution in [2.75, 3.05) is 6.54 Å². The highest BCUT2D eigenvalue weighted by molar-refractivity contribution is 5.77. The average molecular weight is 272 g/mol. The molecule has 3 atom stereocenters. The summed E-state index contributed by atoms with van der Waals surface area (Å²) in [6, 6.07) is 11.7. The van der Waals surface area contributed by atoms with E-state index in [1.54, 1.807) is 0 Å². The third kappa shape index (κ3) is 2.36.